The number of quaternary nitrogens is 2. The molecule has 0 amide bonds. The zero-order chi connectivity index (χ0) is 17.7. The molecule has 0 aromatic rings. The first-order chi connectivity index (χ1) is 10.6. The van der Waals surface area contributed by atoms with E-state index in [1.54, 1.807) is 0 Å². The van der Waals surface area contributed by atoms with Crippen LogP contribution in [0.4, 0.5) is 17.3 Å². The van der Waals surface area contributed by atoms with Crippen molar-refractivity contribution >= 4 is 7.25 Å². The van der Waals surface area contributed by atoms with Crippen molar-refractivity contribution < 1.29 is 43.4 Å². The molecule has 0 saturated carbocycles. The van der Waals surface area contributed by atoms with E-state index in [-0.39, 0.29) is 17.0 Å². The van der Waals surface area contributed by atoms with Crippen LogP contribution in [0.1, 0.15) is 26.7 Å². The number of hydrogen-bond donors (Lipinski definition) is 0. The van der Waals surface area contributed by atoms with Crippen LogP contribution >= 0.6 is 0 Å². The molecule has 2 unspecified atom stereocenters. The molecule has 0 fully saturated rings. The Kier molecular flexibility index (Phi) is 8.82. The first-order valence-corrected chi connectivity index (χ1v) is 7.98. The van der Waals surface area contributed by atoms with Crippen molar-refractivity contribution in [2.45, 2.75) is 26.7 Å². The van der Waals surface area contributed by atoms with Crippen LogP contribution < -0.4 is 17.0 Å². The van der Waals surface area contributed by atoms with Gasteiger partial charge in [-0.25, -0.2) is 0 Å². The van der Waals surface area contributed by atoms with E-state index >= 15 is 0 Å². The molecule has 2 aliphatic heterocycles. The van der Waals surface area contributed by atoms with Crippen LogP contribution in [-0.2, 0) is 0 Å². The SMILES string of the molecule is CCC[N+]1([N+]2(CCC)C=CN(C)C2)C=CN(C)C1.F[B-](F)(F)F.[Br-]. The second-order valence-electron chi connectivity index (χ2n) is 6.31. The highest BCUT2D eigenvalue weighted by atomic mass is 79.9. The Morgan fingerprint density at radius 3 is 1.29 bits per heavy atom. The van der Waals surface area contributed by atoms with Crippen molar-refractivity contribution in [1.29, 1.82) is 0 Å². The summed E-state index contributed by atoms with van der Waals surface area (Å²) in [5.41, 5.74) is 0. The summed E-state index contributed by atoms with van der Waals surface area (Å²) in [5, 5.41) is 0. The van der Waals surface area contributed by atoms with Gasteiger partial charge in [-0.2, -0.15) is 0 Å². The number of halogens is 5. The van der Waals surface area contributed by atoms with Crippen LogP contribution in [0.15, 0.2) is 24.8 Å². The summed E-state index contributed by atoms with van der Waals surface area (Å²) in [4.78, 5) is 4.63. The maximum absolute atomic E-state index is 9.75. The Morgan fingerprint density at radius 2 is 1.12 bits per heavy atom. The molecule has 0 aliphatic carbocycles. The molecule has 0 spiro atoms. The van der Waals surface area contributed by atoms with Crippen molar-refractivity contribution in [3.05, 3.63) is 24.8 Å². The summed E-state index contributed by atoms with van der Waals surface area (Å²) in [6.45, 7) is 9.17. The number of nitrogens with zero attached hydrogens (tertiary/aromatic N) is 4. The molecule has 0 N–H and O–H groups in total. The van der Waals surface area contributed by atoms with Gasteiger partial charge in [-0.3, -0.25) is 0 Å². The first-order valence-electron chi connectivity index (χ1n) is 7.98. The Labute approximate surface area is 153 Å². The lowest BCUT2D eigenvalue weighted by molar-refractivity contribution is -1.45. The first kappa shape index (κ1) is 23.3. The lowest BCUT2D eigenvalue weighted by atomic mass is 10.3. The highest BCUT2D eigenvalue weighted by Crippen LogP contribution is 2.33. The zero-order valence-corrected chi connectivity index (χ0v) is 16.4. The van der Waals surface area contributed by atoms with Crippen LogP contribution in [-0.4, -0.2) is 66.8 Å². The molecule has 142 valence electrons. The summed E-state index contributed by atoms with van der Waals surface area (Å²) in [5.74, 6) is 0. The van der Waals surface area contributed by atoms with Gasteiger partial charge in [0.1, 0.15) is 13.1 Å². The van der Waals surface area contributed by atoms with Gasteiger partial charge in [0.2, 0.25) is 13.3 Å². The van der Waals surface area contributed by atoms with E-state index in [0.717, 1.165) is 22.5 Å². The molecule has 2 aliphatic rings. The summed E-state index contributed by atoms with van der Waals surface area (Å²) in [7, 11) is -1.64. The third kappa shape index (κ3) is 5.96. The lowest BCUT2D eigenvalue weighted by Gasteiger charge is -2.46. The van der Waals surface area contributed by atoms with E-state index in [4.69, 9.17) is 0 Å². The van der Waals surface area contributed by atoms with Gasteiger partial charge in [0.15, 0.2) is 12.4 Å². The standard InChI is InChI=1S/C14H28N4.BF4.BrH/c1-5-9-17(11-7-15(3)13-17)18(10-6-2)12-8-16(4)14-18;2-1(3,4)5;/h7-8,11-12H,5-6,9-10,13-14H2,1-4H3;;1H/q+2;-1;/p-1. The maximum Gasteiger partial charge on any atom is 0.673 e. The predicted molar refractivity (Wildman–Crippen MR) is 84.6 cm³/mol. The van der Waals surface area contributed by atoms with Crippen molar-refractivity contribution in [3.8, 4) is 0 Å². The van der Waals surface area contributed by atoms with Crippen LogP contribution in [0.5, 0.6) is 0 Å². The minimum Gasteiger partial charge on any atom is -1.00 e. The molecule has 4 nitrogen and oxygen atoms in total. The summed E-state index contributed by atoms with van der Waals surface area (Å²) in [6, 6.07) is 0. The molecule has 0 bridgehead atoms. The molecule has 2 atom stereocenters. The molecular formula is C14H28BBrF4N4. The molecule has 2 rings (SSSR count). The summed E-state index contributed by atoms with van der Waals surface area (Å²) < 4.78 is 41.1. The normalized spacial score (nSPS) is 28.7. The fraction of sp³-hybridized carbons (Fsp3) is 0.714. The van der Waals surface area contributed by atoms with Gasteiger partial charge in [-0.1, -0.05) is 13.8 Å². The van der Waals surface area contributed by atoms with Gasteiger partial charge >= 0.3 is 7.25 Å². The fourth-order valence-corrected chi connectivity index (χ4v) is 3.42. The third-order valence-electron chi connectivity index (χ3n) is 4.15. The fourth-order valence-electron chi connectivity index (χ4n) is 3.42. The molecule has 0 aromatic carbocycles. The van der Waals surface area contributed by atoms with Gasteiger partial charge in [0.25, 0.3) is 0 Å². The van der Waals surface area contributed by atoms with Crippen LogP contribution in [0.3, 0.4) is 0 Å². The zero-order valence-electron chi connectivity index (χ0n) is 14.8. The second kappa shape index (κ2) is 9.10. The molecular weight excluding hydrogens is 391 g/mol. The van der Waals surface area contributed by atoms with E-state index in [1.807, 2.05) is 0 Å². The smallest absolute Gasteiger partial charge is 0.673 e. The molecule has 10 heteroatoms. The van der Waals surface area contributed by atoms with Crippen molar-refractivity contribution in [1.82, 2.24) is 9.80 Å². The highest BCUT2D eigenvalue weighted by molar-refractivity contribution is 6.50. The molecule has 2 heterocycles. The monoisotopic (exact) mass is 418 g/mol. The topological polar surface area (TPSA) is 6.48 Å². The van der Waals surface area contributed by atoms with Crippen molar-refractivity contribution in [2.75, 3.05) is 40.5 Å². The van der Waals surface area contributed by atoms with E-state index in [9.17, 15) is 17.3 Å². The minimum absolute atomic E-state index is 0. The molecule has 0 saturated heterocycles. The Balaban J connectivity index is 0.000000777. The van der Waals surface area contributed by atoms with Gasteiger partial charge < -0.3 is 44.0 Å². The quantitative estimate of drug-likeness (QED) is 0.362. The van der Waals surface area contributed by atoms with Crippen LogP contribution in [0.2, 0.25) is 0 Å². The average molecular weight is 419 g/mol. The number of rotatable bonds is 5. The van der Waals surface area contributed by atoms with E-state index < -0.39 is 7.25 Å². The summed E-state index contributed by atoms with van der Waals surface area (Å²) >= 11 is 0. The second-order valence-corrected chi connectivity index (χ2v) is 6.31. The van der Waals surface area contributed by atoms with Crippen LogP contribution in [0.25, 0.3) is 0 Å². The van der Waals surface area contributed by atoms with Gasteiger partial charge in [-0.05, 0) is 12.8 Å². The Hall–Kier alpha value is -0.735. The highest BCUT2D eigenvalue weighted by Gasteiger charge is 2.52. The molecule has 24 heavy (non-hydrogen) atoms. The van der Waals surface area contributed by atoms with Crippen molar-refractivity contribution in [2.24, 2.45) is 0 Å². The van der Waals surface area contributed by atoms with E-state index in [2.05, 4.69) is 62.5 Å². The minimum atomic E-state index is -6.00. The van der Waals surface area contributed by atoms with Gasteiger partial charge in [0.05, 0.1) is 12.4 Å². The van der Waals surface area contributed by atoms with Crippen molar-refractivity contribution in [3.63, 3.8) is 0 Å². The predicted octanol–water partition coefficient (Wildman–Crippen LogP) is 0.407. The van der Waals surface area contributed by atoms with Gasteiger partial charge in [0, 0.05) is 14.1 Å². The Bertz CT molecular complexity index is 409. The third-order valence-corrected chi connectivity index (χ3v) is 4.15. The number of hydrogen-bond acceptors (Lipinski definition) is 2. The van der Waals surface area contributed by atoms with Crippen LogP contribution in [0, 0.1) is 0 Å². The molecule has 0 aromatic heterocycles. The maximum atomic E-state index is 9.75. The summed E-state index contributed by atoms with van der Waals surface area (Å²) in [6.07, 6.45) is 11.7. The van der Waals surface area contributed by atoms with E-state index in [1.165, 1.54) is 25.9 Å². The Morgan fingerprint density at radius 1 is 0.833 bits per heavy atom. The van der Waals surface area contributed by atoms with Gasteiger partial charge in [-0.15, -0.1) is 9.18 Å². The van der Waals surface area contributed by atoms with E-state index in [0.29, 0.717) is 0 Å². The average Bonchev–Trinajstić information content (AvgIpc) is 2.95. The molecule has 0 radical (unpaired) electrons. The largest absolute Gasteiger partial charge is 1.00 e. The lowest BCUT2D eigenvalue weighted by Crippen LogP contribution is -3.00.